The zero-order valence-corrected chi connectivity index (χ0v) is 27.2. The van der Waals surface area contributed by atoms with Crippen LogP contribution in [0.25, 0.3) is 0 Å². The number of hydrogen-bond donors (Lipinski definition) is 1. The van der Waals surface area contributed by atoms with E-state index in [1.54, 1.807) is 19.1 Å². The summed E-state index contributed by atoms with van der Waals surface area (Å²) in [7, 11) is 1.32. The van der Waals surface area contributed by atoms with E-state index in [0.29, 0.717) is 29.9 Å². The first-order valence-corrected chi connectivity index (χ1v) is 15.1. The lowest BCUT2D eigenvalue weighted by Gasteiger charge is -2.15. The molecule has 5 nitrogen and oxygen atoms in total. The van der Waals surface area contributed by atoms with Crippen molar-refractivity contribution < 1.29 is 19.1 Å². The van der Waals surface area contributed by atoms with Crippen molar-refractivity contribution in [2.75, 3.05) is 12.4 Å². The van der Waals surface area contributed by atoms with Gasteiger partial charge in [0.1, 0.15) is 5.78 Å². The van der Waals surface area contributed by atoms with Gasteiger partial charge in [-0.25, -0.2) is 4.79 Å². The van der Waals surface area contributed by atoms with Crippen LogP contribution in [0.2, 0.25) is 0 Å². The Bertz CT molecular complexity index is 951. The van der Waals surface area contributed by atoms with Gasteiger partial charge in [0.15, 0.2) is 0 Å². The van der Waals surface area contributed by atoms with Gasteiger partial charge in [-0.3, -0.25) is 9.59 Å². The summed E-state index contributed by atoms with van der Waals surface area (Å²) in [6, 6.07) is 16.2. The number of methoxy groups -OCH3 is 1. The normalized spacial score (nSPS) is 10.6. The lowest BCUT2D eigenvalue weighted by atomic mass is 9.90. The molecule has 0 aliphatic carbocycles. The van der Waals surface area contributed by atoms with E-state index in [1.165, 1.54) is 38.4 Å². The molecular weight excluding hydrogens is 498 g/mol. The molecule has 1 atom stereocenters. The Hall–Kier alpha value is -2.95. The monoisotopic (exact) mass is 555 g/mol. The van der Waals surface area contributed by atoms with Gasteiger partial charge in [0, 0.05) is 18.8 Å². The average Bonchev–Trinajstić information content (AvgIpc) is 2.97. The van der Waals surface area contributed by atoms with Gasteiger partial charge < -0.3 is 10.1 Å². The number of benzene rings is 2. The zero-order valence-electron chi connectivity index (χ0n) is 27.2. The maximum absolute atomic E-state index is 11.5. The molecule has 1 unspecified atom stereocenters. The maximum Gasteiger partial charge on any atom is 0.339 e. The molecule has 0 aromatic heterocycles. The lowest BCUT2D eigenvalue weighted by molar-refractivity contribution is -0.121. The lowest BCUT2D eigenvalue weighted by Crippen LogP contribution is -2.15. The van der Waals surface area contributed by atoms with Crippen molar-refractivity contribution in [3.05, 3.63) is 65.2 Å². The number of ether oxygens (including phenoxy) is 1. The highest BCUT2D eigenvalue weighted by Gasteiger charge is 2.15. The number of esters is 1. The summed E-state index contributed by atoms with van der Waals surface area (Å²) in [5, 5.41) is 2.70. The topological polar surface area (TPSA) is 72.5 Å². The summed E-state index contributed by atoms with van der Waals surface area (Å²) in [4.78, 5) is 33.3. The van der Waals surface area contributed by atoms with Crippen molar-refractivity contribution in [1.29, 1.82) is 0 Å². The molecule has 2 rings (SSSR count). The van der Waals surface area contributed by atoms with Crippen LogP contribution in [0.15, 0.2) is 48.5 Å². The highest BCUT2D eigenvalue weighted by atomic mass is 16.5. The first kappa shape index (κ1) is 39.2. The Kier molecular flexibility index (Phi) is 23.4. The van der Waals surface area contributed by atoms with E-state index >= 15 is 0 Å². The van der Waals surface area contributed by atoms with E-state index in [4.69, 9.17) is 0 Å². The van der Waals surface area contributed by atoms with Gasteiger partial charge in [-0.05, 0) is 48.8 Å². The third kappa shape index (κ3) is 16.9. The summed E-state index contributed by atoms with van der Waals surface area (Å²) in [5.41, 5.74) is 3.26. The number of nitrogens with one attached hydrogen (secondary N) is 1. The van der Waals surface area contributed by atoms with Crippen molar-refractivity contribution in [1.82, 2.24) is 0 Å². The average molecular weight is 556 g/mol. The van der Waals surface area contributed by atoms with Crippen LogP contribution in [0.3, 0.4) is 0 Å². The predicted octanol–water partition coefficient (Wildman–Crippen LogP) is 9.78. The van der Waals surface area contributed by atoms with Crippen molar-refractivity contribution in [3.63, 3.8) is 0 Å². The minimum atomic E-state index is -0.449. The van der Waals surface area contributed by atoms with E-state index in [9.17, 15) is 14.4 Å². The molecule has 0 fully saturated rings. The van der Waals surface area contributed by atoms with Crippen LogP contribution in [0.4, 0.5) is 5.69 Å². The Balaban J connectivity index is 0. The number of carbonyl (C=O) groups excluding carboxylic acids is 3. The Morgan fingerprint density at radius 3 is 1.85 bits per heavy atom. The zero-order chi connectivity index (χ0) is 31.1. The van der Waals surface area contributed by atoms with Crippen LogP contribution in [0.5, 0.6) is 0 Å². The molecule has 2 aromatic rings. The van der Waals surface area contributed by atoms with Gasteiger partial charge in [-0.2, -0.15) is 0 Å². The summed E-state index contributed by atoms with van der Waals surface area (Å²) < 4.78 is 4.66. The molecule has 0 bridgehead atoms. The van der Waals surface area contributed by atoms with Gasteiger partial charge in [-0.15, -0.1) is 0 Å². The third-order valence-electron chi connectivity index (χ3n) is 6.35. The summed E-state index contributed by atoms with van der Waals surface area (Å²) in [6.07, 6.45) is 6.39. The minimum Gasteiger partial charge on any atom is -0.465 e. The molecule has 2 aromatic carbocycles. The molecule has 0 saturated carbocycles. The molecule has 226 valence electrons. The second-order valence-corrected chi connectivity index (χ2v) is 10.2. The number of amides is 1. The number of Topliss-reactive ketones (excluding diaryl/α,β-unsaturated/α-hetero) is 1. The summed E-state index contributed by atoms with van der Waals surface area (Å²) in [5.74, 6) is 1.61. The molecule has 0 saturated heterocycles. The quantitative estimate of drug-likeness (QED) is 0.280. The first-order chi connectivity index (χ1) is 19.0. The van der Waals surface area contributed by atoms with E-state index in [2.05, 4.69) is 61.2 Å². The van der Waals surface area contributed by atoms with Crippen LogP contribution in [-0.4, -0.2) is 24.8 Å². The SMILES string of the molecule is CC.CCC(=O)C(C)C.CCC(=O)Nc1c(C)cccc1C(=O)OC.CCC(CCCC(C)C)c1ccccc1. The minimum absolute atomic E-state index is 0.126. The fourth-order valence-electron chi connectivity index (χ4n) is 3.85. The van der Waals surface area contributed by atoms with E-state index < -0.39 is 5.97 Å². The Morgan fingerprint density at radius 2 is 1.43 bits per heavy atom. The van der Waals surface area contributed by atoms with Crippen LogP contribution in [0.1, 0.15) is 128 Å². The Morgan fingerprint density at radius 1 is 0.825 bits per heavy atom. The molecule has 0 spiro atoms. The number of hydrogen-bond acceptors (Lipinski definition) is 4. The molecule has 5 heteroatoms. The Labute approximate surface area is 245 Å². The summed E-state index contributed by atoms with van der Waals surface area (Å²) >= 11 is 0. The van der Waals surface area contributed by atoms with E-state index in [1.807, 2.05) is 47.6 Å². The second kappa shape index (κ2) is 23.9. The number of ketones is 1. The number of aryl methyl sites for hydroxylation is 1. The third-order valence-corrected chi connectivity index (χ3v) is 6.35. The first-order valence-electron chi connectivity index (χ1n) is 15.1. The molecule has 0 heterocycles. The molecule has 0 aliphatic rings. The van der Waals surface area contributed by atoms with Gasteiger partial charge in [0.2, 0.25) is 5.91 Å². The highest BCUT2D eigenvalue weighted by Crippen LogP contribution is 2.26. The van der Waals surface area contributed by atoms with Crippen LogP contribution >= 0.6 is 0 Å². The summed E-state index contributed by atoms with van der Waals surface area (Å²) in [6.45, 7) is 20.2. The van der Waals surface area contributed by atoms with Gasteiger partial charge in [0.25, 0.3) is 0 Å². The van der Waals surface area contributed by atoms with Crippen molar-refractivity contribution in [3.8, 4) is 0 Å². The van der Waals surface area contributed by atoms with Crippen LogP contribution in [-0.2, 0) is 14.3 Å². The van der Waals surface area contributed by atoms with E-state index in [0.717, 1.165) is 17.4 Å². The molecule has 40 heavy (non-hydrogen) atoms. The predicted molar refractivity (Wildman–Crippen MR) is 171 cm³/mol. The molecule has 0 aliphatic heterocycles. The van der Waals surface area contributed by atoms with Crippen molar-refractivity contribution in [2.24, 2.45) is 11.8 Å². The smallest absolute Gasteiger partial charge is 0.339 e. The fourth-order valence-corrected chi connectivity index (χ4v) is 3.85. The molecule has 0 radical (unpaired) electrons. The standard InChI is InChI=1S/C15H24.C12H15NO3.C6H12O.C2H6/c1-4-14(12-8-9-13(2)3)15-10-6-5-7-11-15;1-4-10(14)13-11-8(2)6-5-7-9(11)12(15)16-3;1-4-6(7)5(2)3;1-2/h5-7,10-11,13-14H,4,8-9,12H2,1-3H3;5-7H,4H2,1-3H3,(H,13,14);5H,4H2,1-3H3;1-2H3. The van der Waals surface area contributed by atoms with Crippen LogP contribution < -0.4 is 5.32 Å². The fraction of sp³-hybridized carbons (Fsp3) is 0.571. The van der Waals surface area contributed by atoms with Crippen LogP contribution in [0, 0.1) is 18.8 Å². The van der Waals surface area contributed by atoms with Gasteiger partial charge in [0.05, 0.1) is 18.4 Å². The molecule has 1 amide bonds. The van der Waals surface area contributed by atoms with Gasteiger partial charge >= 0.3 is 5.97 Å². The number of rotatable bonds is 11. The number of carbonyl (C=O) groups is 3. The van der Waals surface area contributed by atoms with E-state index in [-0.39, 0.29) is 11.8 Å². The molecule has 1 N–H and O–H groups in total. The second-order valence-electron chi connectivity index (χ2n) is 10.2. The van der Waals surface area contributed by atoms with Crippen molar-refractivity contribution >= 4 is 23.3 Å². The largest absolute Gasteiger partial charge is 0.465 e. The molecular formula is C35H57NO4. The maximum atomic E-state index is 11.5. The number of anilines is 1. The van der Waals surface area contributed by atoms with Gasteiger partial charge in [-0.1, -0.05) is 118 Å². The number of para-hydroxylation sites is 1. The highest BCUT2D eigenvalue weighted by molar-refractivity contribution is 6.02. The van der Waals surface area contributed by atoms with Crippen molar-refractivity contribution in [2.45, 2.75) is 114 Å².